The SMILES string of the molecule is N#CCOc1ccc2[nH]cc(C(C(=O)O)N3CCN(c4ccc(Cl)c(Cl)c4)CC3)c2c1. The third-order valence-corrected chi connectivity index (χ3v) is 6.20. The number of nitrogens with zero attached hydrogens (tertiary/aromatic N) is 3. The van der Waals surface area contributed by atoms with E-state index in [-0.39, 0.29) is 6.61 Å². The lowest BCUT2D eigenvalue weighted by molar-refractivity contribution is -0.143. The van der Waals surface area contributed by atoms with Gasteiger partial charge in [-0.1, -0.05) is 23.2 Å². The minimum absolute atomic E-state index is 0.0652. The molecule has 1 atom stereocenters. The minimum atomic E-state index is -0.910. The van der Waals surface area contributed by atoms with Gasteiger partial charge in [0, 0.05) is 54.5 Å². The molecule has 1 fully saturated rings. The molecule has 31 heavy (non-hydrogen) atoms. The molecule has 1 aromatic heterocycles. The van der Waals surface area contributed by atoms with Crippen molar-refractivity contribution >= 4 is 45.8 Å². The number of benzene rings is 2. The molecule has 3 aromatic rings. The molecule has 0 spiro atoms. The predicted octanol–water partition coefficient (Wildman–Crippen LogP) is 4.32. The molecular weight excluding hydrogens is 439 g/mol. The second kappa shape index (κ2) is 9.06. The van der Waals surface area contributed by atoms with Crippen molar-refractivity contribution in [1.29, 1.82) is 5.26 Å². The van der Waals surface area contributed by atoms with Gasteiger partial charge in [-0.3, -0.25) is 9.69 Å². The van der Waals surface area contributed by atoms with Gasteiger partial charge in [0.25, 0.3) is 0 Å². The molecule has 1 aliphatic heterocycles. The summed E-state index contributed by atoms with van der Waals surface area (Å²) < 4.78 is 5.39. The number of piperazine rings is 1. The van der Waals surface area contributed by atoms with Gasteiger partial charge in [-0.2, -0.15) is 5.26 Å². The van der Waals surface area contributed by atoms with Crippen molar-refractivity contribution in [2.75, 3.05) is 37.7 Å². The summed E-state index contributed by atoms with van der Waals surface area (Å²) in [5.41, 5.74) is 2.46. The van der Waals surface area contributed by atoms with E-state index in [0.717, 1.165) is 16.6 Å². The number of nitriles is 1. The Hall–Kier alpha value is -2.92. The van der Waals surface area contributed by atoms with Gasteiger partial charge in [0.15, 0.2) is 6.61 Å². The molecule has 1 aliphatic rings. The van der Waals surface area contributed by atoms with Crippen LogP contribution in [0.2, 0.25) is 10.0 Å². The first kappa shape index (κ1) is 21.3. The first-order valence-electron chi connectivity index (χ1n) is 9.75. The summed E-state index contributed by atoms with van der Waals surface area (Å²) in [5.74, 6) is -0.379. The van der Waals surface area contributed by atoms with E-state index in [1.807, 2.05) is 29.2 Å². The number of H-pyrrole nitrogens is 1. The van der Waals surface area contributed by atoms with Crippen LogP contribution in [0.15, 0.2) is 42.6 Å². The van der Waals surface area contributed by atoms with Gasteiger partial charge >= 0.3 is 5.97 Å². The molecule has 0 saturated carbocycles. The number of hydrogen-bond acceptors (Lipinski definition) is 5. The molecule has 2 aromatic carbocycles. The Bertz CT molecular complexity index is 1150. The summed E-state index contributed by atoms with van der Waals surface area (Å²) in [6, 6.07) is 12.0. The van der Waals surface area contributed by atoms with Gasteiger partial charge in [0.1, 0.15) is 17.9 Å². The molecule has 160 valence electrons. The van der Waals surface area contributed by atoms with Crippen LogP contribution < -0.4 is 9.64 Å². The lowest BCUT2D eigenvalue weighted by atomic mass is 10.0. The lowest BCUT2D eigenvalue weighted by Crippen LogP contribution is -2.49. The normalized spacial score (nSPS) is 15.6. The van der Waals surface area contributed by atoms with Crippen LogP contribution >= 0.6 is 23.2 Å². The first-order chi connectivity index (χ1) is 15.0. The van der Waals surface area contributed by atoms with Crippen molar-refractivity contribution in [3.63, 3.8) is 0 Å². The second-order valence-electron chi connectivity index (χ2n) is 7.26. The van der Waals surface area contributed by atoms with Gasteiger partial charge in [0.05, 0.1) is 10.0 Å². The largest absolute Gasteiger partial charge is 0.480 e. The molecule has 0 radical (unpaired) electrons. The number of fused-ring (bicyclic) bond motifs is 1. The van der Waals surface area contributed by atoms with Crippen molar-refractivity contribution < 1.29 is 14.6 Å². The number of aromatic nitrogens is 1. The van der Waals surface area contributed by atoms with E-state index in [0.29, 0.717) is 47.5 Å². The Labute approximate surface area is 189 Å². The molecular formula is C22H20Cl2N4O3. The van der Waals surface area contributed by atoms with Gasteiger partial charge in [-0.25, -0.2) is 0 Å². The zero-order valence-corrected chi connectivity index (χ0v) is 18.0. The van der Waals surface area contributed by atoms with Gasteiger partial charge < -0.3 is 19.7 Å². The number of rotatable bonds is 6. The third-order valence-electron chi connectivity index (χ3n) is 5.46. The van der Waals surface area contributed by atoms with Gasteiger partial charge in [-0.15, -0.1) is 0 Å². The van der Waals surface area contributed by atoms with Gasteiger partial charge in [0.2, 0.25) is 0 Å². The van der Waals surface area contributed by atoms with E-state index in [1.165, 1.54) is 0 Å². The smallest absolute Gasteiger partial charge is 0.325 e. The van der Waals surface area contributed by atoms with E-state index < -0.39 is 12.0 Å². The fraction of sp³-hybridized carbons (Fsp3) is 0.273. The molecule has 7 nitrogen and oxygen atoms in total. The Kier molecular flexibility index (Phi) is 6.23. The van der Waals surface area contributed by atoms with Crippen LogP contribution in [0, 0.1) is 11.3 Å². The second-order valence-corrected chi connectivity index (χ2v) is 8.07. The number of hydrogen-bond donors (Lipinski definition) is 2. The number of carboxylic acid groups (broad SMARTS) is 1. The van der Waals surface area contributed by atoms with Crippen molar-refractivity contribution in [2.45, 2.75) is 6.04 Å². The zero-order valence-electron chi connectivity index (χ0n) is 16.5. The Morgan fingerprint density at radius 3 is 2.61 bits per heavy atom. The topological polar surface area (TPSA) is 92.6 Å². The fourth-order valence-corrected chi connectivity index (χ4v) is 4.25. The fourth-order valence-electron chi connectivity index (χ4n) is 3.96. The molecule has 0 amide bonds. The van der Waals surface area contributed by atoms with Crippen LogP contribution in [0.3, 0.4) is 0 Å². The highest BCUT2D eigenvalue weighted by atomic mass is 35.5. The summed E-state index contributed by atoms with van der Waals surface area (Å²) in [4.78, 5) is 19.5. The van der Waals surface area contributed by atoms with Crippen LogP contribution in [0.25, 0.3) is 10.9 Å². The molecule has 1 saturated heterocycles. The molecule has 4 rings (SSSR count). The quantitative estimate of drug-likeness (QED) is 0.570. The molecule has 9 heteroatoms. The van der Waals surface area contributed by atoms with Crippen LogP contribution in [-0.2, 0) is 4.79 Å². The van der Waals surface area contributed by atoms with E-state index in [4.69, 9.17) is 33.2 Å². The van der Waals surface area contributed by atoms with E-state index in [9.17, 15) is 9.90 Å². The maximum absolute atomic E-state index is 12.3. The summed E-state index contributed by atoms with van der Waals surface area (Å²) in [5, 5.41) is 20.6. The van der Waals surface area contributed by atoms with E-state index in [2.05, 4.69) is 9.88 Å². The van der Waals surface area contributed by atoms with Crippen LogP contribution in [0.1, 0.15) is 11.6 Å². The van der Waals surface area contributed by atoms with Crippen molar-refractivity contribution in [2.24, 2.45) is 0 Å². The number of nitrogens with one attached hydrogen (secondary N) is 1. The number of ether oxygens (including phenoxy) is 1. The Morgan fingerprint density at radius 1 is 1.16 bits per heavy atom. The number of anilines is 1. The highest BCUT2D eigenvalue weighted by molar-refractivity contribution is 6.42. The highest BCUT2D eigenvalue weighted by Gasteiger charge is 2.32. The number of carboxylic acids is 1. The predicted molar refractivity (Wildman–Crippen MR) is 120 cm³/mol. The van der Waals surface area contributed by atoms with Crippen molar-refractivity contribution in [1.82, 2.24) is 9.88 Å². The number of aromatic amines is 1. The van der Waals surface area contributed by atoms with Crippen molar-refractivity contribution in [3.8, 4) is 11.8 Å². The lowest BCUT2D eigenvalue weighted by Gasteiger charge is -2.38. The monoisotopic (exact) mass is 458 g/mol. The number of carbonyl (C=O) groups is 1. The maximum atomic E-state index is 12.3. The molecule has 0 bridgehead atoms. The molecule has 2 heterocycles. The van der Waals surface area contributed by atoms with Crippen molar-refractivity contribution in [3.05, 3.63) is 58.2 Å². The van der Waals surface area contributed by atoms with E-state index in [1.54, 1.807) is 24.4 Å². The van der Waals surface area contributed by atoms with Gasteiger partial charge in [-0.05, 0) is 36.4 Å². The average molecular weight is 459 g/mol. The van der Waals surface area contributed by atoms with Crippen LogP contribution in [-0.4, -0.2) is 53.7 Å². The highest BCUT2D eigenvalue weighted by Crippen LogP contribution is 2.33. The Balaban J connectivity index is 1.55. The maximum Gasteiger partial charge on any atom is 0.325 e. The summed E-state index contributed by atoms with van der Waals surface area (Å²) >= 11 is 12.2. The molecule has 0 aliphatic carbocycles. The van der Waals surface area contributed by atoms with E-state index >= 15 is 0 Å². The molecule has 1 unspecified atom stereocenters. The summed E-state index contributed by atoms with van der Waals surface area (Å²) in [6.45, 7) is 2.43. The Morgan fingerprint density at radius 2 is 1.94 bits per heavy atom. The number of halogens is 2. The molecule has 2 N–H and O–H groups in total. The number of aliphatic carboxylic acids is 1. The third kappa shape index (κ3) is 4.42. The standard InChI is InChI=1S/C22H20Cl2N4O3/c23-18-3-1-14(11-19(18)24)27-6-8-28(9-7-27)21(22(29)30)17-13-26-20-4-2-15(12-16(17)20)31-10-5-25/h1-4,11-13,21,26H,6-10H2,(H,29,30). The average Bonchev–Trinajstić information content (AvgIpc) is 3.17. The summed E-state index contributed by atoms with van der Waals surface area (Å²) in [6.07, 6.45) is 1.74. The first-order valence-corrected chi connectivity index (χ1v) is 10.5. The van der Waals surface area contributed by atoms with Crippen LogP contribution in [0.4, 0.5) is 5.69 Å². The minimum Gasteiger partial charge on any atom is -0.480 e. The zero-order chi connectivity index (χ0) is 22.0. The summed E-state index contributed by atoms with van der Waals surface area (Å²) in [7, 11) is 0. The van der Waals surface area contributed by atoms with Crippen LogP contribution in [0.5, 0.6) is 5.75 Å².